The fraction of sp³-hybridized carbons (Fsp3) is 0.696. The summed E-state index contributed by atoms with van der Waals surface area (Å²) in [6.07, 6.45) is 6.96. The minimum absolute atomic E-state index is 0.232. The predicted molar refractivity (Wildman–Crippen MR) is 115 cm³/mol. The Morgan fingerprint density at radius 2 is 1.82 bits per heavy atom. The Bertz CT molecular complexity index is 677. The third-order valence-corrected chi connectivity index (χ3v) is 7.04. The highest BCUT2D eigenvalue weighted by Crippen LogP contribution is 2.31. The molecule has 4 rings (SSSR count). The van der Waals surface area contributed by atoms with Gasteiger partial charge in [-0.15, -0.1) is 0 Å². The Labute approximate surface area is 170 Å². The third-order valence-electron chi connectivity index (χ3n) is 7.04. The second-order valence-corrected chi connectivity index (χ2v) is 8.99. The number of hydrogen-bond acceptors (Lipinski definition) is 4. The summed E-state index contributed by atoms with van der Waals surface area (Å²) in [5.41, 5.74) is 4.19. The van der Waals surface area contributed by atoms with Crippen LogP contribution in [0.15, 0.2) is 18.2 Å². The molecule has 0 radical (unpaired) electrons. The number of hydrogen-bond donors (Lipinski definition) is 1. The quantitative estimate of drug-likeness (QED) is 0.847. The molecule has 1 saturated carbocycles. The number of nitrogens with one attached hydrogen (secondary N) is 1. The molecule has 1 aliphatic carbocycles. The van der Waals surface area contributed by atoms with Gasteiger partial charge in [-0.25, -0.2) is 0 Å². The molecule has 0 spiro atoms. The van der Waals surface area contributed by atoms with Crippen LogP contribution in [0.5, 0.6) is 0 Å². The van der Waals surface area contributed by atoms with Crippen LogP contribution in [0.1, 0.15) is 49.3 Å². The number of nitrogens with zero attached hydrogens (tertiary/aromatic N) is 3. The number of carbonyl (C=O) groups excluding carboxylic acids is 1. The van der Waals surface area contributed by atoms with E-state index in [9.17, 15) is 4.79 Å². The summed E-state index contributed by atoms with van der Waals surface area (Å²) < 4.78 is 0. The number of amides is 1. The molecule has 1 aromatic carbocycles. The number of carbonyl (C=O) groups is 1. The Kier molecular flexibility index (Phi) is 6.22. The van der Waals surface area contributed by atoms with E-state index in [0.29, 0.717) is 0 Å². The van der Waals surface area contributed by atoms with Crippen LogP contribution in [0, 0.1) is 5.92 Å². The lowest BCUT2D eigenvalue weighted by Gasteiger charge is -2.38. The second-order valence-electron chi connectivity index (χ2n) is 8.99. The molecule has 0 bridgehead atoms. The van der Waals surface area contributed by atoms with Gasteiger partial charge in [-0.05, 0) is 43.5 Å². The minimum atomic E-state index is 0.232. The molecular formula is C23H36N4O. The molecule has 2 heterocycles. The molecule has 3 aliphatic rings. The van der Waals surface area contributed by atoms with E-state index in [-0.39, 0.29) is 17.9 Å². The van der Waals surface area contributed by atoms with Crippen LogP contribution in [0.25, 0.3) is 0 Å². The van der Waals surface area contributed by atoms with Gasteiger partial charge >= 0.3 is 0 Å². The highest BCUT2D eigenvalue weighted by atomic mass is 16.1. The SMILES string of the molecule is CN1CCN(C(CNC(=O)C2CCCCC2)c2ccc3c(c2)CCN3C)CC1. The van der Waals surface area contributed by atoms with Crippen molar-refractivity contribution in [1.29, 1.82) is 0 Å². The molecule has 28 heavy (non-hydrogen) atoms. The van der Waals surface area contributed by atoms with Gasteiger partial charge in [0.25, 0.3) is 0 Å². The molecular weight excluding hydrogens is 348 g/mol. The van der Waals surface area contributed by atoms with E-state index >= 15 is 0 Å². The van der Waals surface area contributed by atoms with E-state index in [0.717, 1.165) is 58.5 Å². The summed E-state index contributed by atoms with van der Waals surface area (Å²) in [5.74, 6) is 0.510. The number of anilines is 1. The van der Waals surface area contributed by atoms with E-state index < -0.39 is 0 Å². The molecule has 1 N–H and O–H groups in total. The van der Waals surface area contributed by atoms with Crippen molar-refractivity contribution in [2.24, 2.45) is 5.92 Å². The molecule has 5 heteroatoms. The predicted octanol–water partition coefficient (Wildman–Crippen LogP) is 2.66. The monoisotopic (exact) mass is 384 g/mol. The molecule has 1 unspecified atom stereocenters. The van der Waals surface area contributed by atoms with Crippen LogP contribution in [-0.2, 0) is 11.2 Å². The summed E-state index contributed by atoms with van der Waals surface area (Å²) in [4.78, 5) is 20.1. The molecule has 5 nitrogen and oxygen atoms in total. The maximum absolute atomic E-state index is 12.8. The van der Waals surface area contributed by atoms with Crippen LogP contribution in [0.4, 0.5) is 5.69 Å². The van der Waals surface area contributed by atoms with Crippen molar-refractivity contribution in [2.75, 3.05) is 58.3 Å². The van der Waals surface area contributed by atoms with E-state index in [4.69, 9.17) is 0 Å². The van der Waals surface area contributed by atoms with Gasteiger partial charge in [-0.2, -0.15) is 0 Å². The van der Waals surface area contributed by atoms with Crippen LogP contribution in [0.2, 0.25) is 0 Å². The number of rotatable bonds is 5. The van der Waals surface area contributed by atoms with Gasteiger partial charge in [-0.3, -0.25) is 9.69 Å². The fourth-order valence-corrected chi connectivity index (χ4v) is 5.09. The summed E-state index contributed by atoms with van der Waals surface area (Å²) in [5, 5.41) is 3.33. The van der Waals surface area contributed by atoms with Gasteiger partial charge in [0.05, 0.1) is 6.04 Å². The molecule has 2 aliphatic heterocycles. The third kappa shape index (κ3) is 4.36. The number of benzene rings is 1. The highest BCUT2D eigenvalue weighted by molar-refractivity contribution is 5.78. The molecule has 1 atom stereocenters. The van der Waals surface area contributed by atoms with Crippen molar-refractivity contribution in [3.05, 3.63) is 29.3 Å². The van der Waals surface area contributed by atoms with Gasteiger partial charge in [0.2, 0.25) is 5.91 Å². The molecule has 154 valence electrons. The molecule has 1 saturated heterocycles. The average Bonchev–Trinajstić information content (AvgIpc) is 3.10. The van der Waals surface area contributed by atoms with E-state index in [1.165, 1.54) is 36.1 Å². The first-order valence-electron chi connectivity index (χ1n) is 11.2. The lowest BCUT2D eigenvalue weighted by Crippen LogP contribution is -2.49. The number of fused-ring (bicyclic) bond motifs is 1. The van der Waals surface area contributed by atoms with Gasteiger partial charge in [-0.1, -0.05) is 31.4 Å². The maximum Gasteiger partial charge on any atom is 0.223 e. The zero-order valence-corrected chi connectivity index (χ0v) is 17.6. The molecule has 0 aromatic heterocycles. The van der Waals surface area contributed by atoms with Gasteiger partial charge < -0.3 is 15.1 Å². The first kappa shape index (κ1) is 19.7. The van der Waals surface area contributed by atoms with Crippen LogP contribution < -0.4 is 10.2 Å². The van der Waals surface area contributed by atoms with E-state index in [2.05, 4.69) is 52.3 Å². The van der Waals surface area contributed by atoms with Gasteiger partial charge in [0.15, 0.2) is 0 Å². The summed E-state index contributed by atoms with van der Waals surface area (Å²) in [6.45, 7) is 6.17. The first-order valence-corrected chi connectivity index (χ1v) is 11.2. The first-order chi connectivity index (χ1) is 13.6. The minimum Gasteiger partial charge on any atom is -0.374 e. The Morgan fingerprint density at radius 3 is 2.57 bits per heavy atom. The van der Waals surface area contributed by atoms with Crippen molar-refractivity contribution < 1.29 is 4.79 Å². The summed E-state index contributed by atoms with van der Waals surface area (Å²) in [6, 6.07) is 7.24. The molecule has 1 aromatic rings. The van der Waals surface area contributed by atoms with E-state index in [1.807, 2.05) is 0 Å². The standard InChI is InChI=1S/C23H36N4O/c1-25-12-14-27(15-13-25)22(17-24-23(28)18-6-4-3-5-7-18)19-8-9-21-20(16-19)10-11-26(21)2/h8-9,16,18,22H,3-7,10-15,17H2,1-2H3,(H,24,28). The van der Waals surface area contributed by atoms with E-state index in [1.54, 1.807) is 0 Å². The number of likely N-dealkylation sites (N-methyl/N-ethyl adjacent to an activating group) is 2. The lowest BCUT2D eigenvalue weighted by molar-refractivity contribution is -0.126. The Hall–Kier alpha value is -1.59. The van der Waals surface area contributed by atoms with Crippen LogP contribution >= 0.6 is 0 Å². The van der Waals surface area contributed by atoms with Crippen LogP contribution in [0.3, 0.4) is 0 Å². The summed E-state index contributed by atoms with van der Waals surface area (Å²) in [7, 11) is 4.37. The maximum atomic E-state index is 12.8. The van der Waals surface area contributed by atoms with Crippen molar-refractivity contribution in [3.8, 4) is 0 Å². The Morgan fingerprint density at radius 1 is 1.07 bits per heavy atom. The summed E-state index contributed by atoms with van der Waals surface area (Å²) >= 11 is 0. The normalized spacial score (nSPS) is 22.9. The zero-order valence-electron chi connectivity index (χ0n) is 17.6. The second kappa shape index (κ2) is 8.83. The van der Waals surface area contributed by atoms with Gasteiger partial charge in [0.1, 0.15) is 0 Å². The smallest absolute Gasteiger partial charge is 0.223 e. The lowest BCUT2D eigenvalue weighted by atomic mass is 9.88. The highest BCUT2D eigenvalue weighted by Gasteiger charge is 2.28. The molecule has 1 amide bonds. The van der Waals surface area contributed by atoms with Crippen molar-refractivity contribution in [3.63, 3.8) is 0 Å². The Balaban J connectivity index is 1.48. The average molecular weight is 385 g/mol. The largest absolute Gasteiger partial charge is 0.374 e. The van der Waals surface area contributed by atoms with Gasteiger partial charge in [0, 0.05) is 57.9 Å². The molecule has 2 fully saturated rings. The van der Waals surface area contributed by atoms with Crippen molar-refractivity contribution in [2.45, 2.75) is 44.6 Å². The van der Waals surface area contributed by atoms with Crippen LogP contribution in [-0.4, -0.2) is 69.1 Å². The van der Waals surface area contributed by atoms with Crippen molar-refractivity contribution in [1.82, 2.24) is 15.1 Å². The fourth-order valence-electron chi connectivity index (χ4n) is 5.09. The van der Waals surface area contributed by atoms with Crippen molar-refractivity contribution >= 4 is 11.6 Å². The zero-order chi connectivity index (χ0) is 19.5. The number of piperazine rings is 1. The topological polar surface area (TPSA) is 38.8 Å².